The van der Waals surface area contributed by atoms with Gasteiger partial charge in [-0.15, -0.1) is 0 Å². The zero-order valence-electron chi connectivity index (χ0n) is 12.5. The summed E-state index contributed by atoms with van der Waals surface area (Å²) in [5.41, 5.74) is 7.49. The van der Waals surface area contributed by atoms with Crippen molar-refractivity contribution in [2.24, 2.45) is 0 Å². The summed E-state index contributed by atoms with van der Waals surface area (Å²) in [7, 11) is -2.39. The lowest BCUT2D eigenvalue weighted by Crippen LogP contribution is -2.39. The number of amides is 1. The van der Waals surface area contributed by atoms with Crippen molar-refractivity contribution in [1.29, 1.82) is 0 Å². The molecule has 0 unspecified atom stereocenters. The Hall–Kier alpha value is -1.60. The maximum atomic E-state index is 12.6. The summed E-state index contributed by atoms with van der Waals surface area (Å²) >= 11 is 0. The molecule has 0 spiro atoms. The van der Waals surface area contributed by atoms with Crippen molar-refractivity contribution in [3.63, 3.8) is 0 Å². The van der Waals surface area contributed by atoms with Crippen molar-refractivity contribution in [3.8, 4) is 0 Å². The molecule has 1 aromatic rings. The first kappa shape index (κ1) is 15.8. The predicted octanol–water partition coefficient (Wildman–Crippen LogP) is 0.785. The van der Waals surface area contributed by atoms with E-state index < -0.39 is 10.0 Å². The van der Waals surface area contributed by atoms with Crippen molar-refractivity contribution in [1.82, 2.24) is 9.62 Å². The highest BCUT2D eigenvalue weighted by molar-refractivity contribution is 7.89. The second kappa shape index (κ2) is 5.65. The van der Waals surface area contributed by atoms with E-state index in [1.807, 2.05) is 6.92 Å². The molecule has 21 heavy (non-hydrogen) atoms. The SMILES string of the molecule is Cc1ccc(N)c(S(=O)(=O)N(C)CC(=O)NC2CC2)c1C. The number of nitrogens with two attached hydrogens (primary N) is 1. The van der Waals surface area contributed by atoms with Gasteiger partial charge >= 0.3 is 0 Å². The summed E-state index contributed by atoms with van der Waals surface area (Å²) < 4.78 is 26.3. The number of carbonyl (C=O) groups excluding carboxylic acids is 1. The molecular formula is C14H21N3O3S. The number of nitrogens with one attached hydrogen (secondary N) is 1. The Bertz CT molecular complexity index is 666. The number of benzene rings is 1. The van der Waals surface area contributed by atoms with E-state index in [4.69, 9.17) is 5.73 Å². The Balaban J connectivity index is 2.24. The van der Waals surface area contributed by atoms with Crippen LogP contribution in [0.25, 0.3) is 0 Å². The first-order valence-electron chi connectivity index (χ1n) is 6.85. The number of sulfonamides is 1. The van der Waals surface area contributed by atoms with Crippen LogP contribution in [-0.2, 0) is 14.8 Å². The monoisotopic (exact) mass is 311 g/mol. The Morgan fingerprint density at radius 2 is 2.00 bits per heavy atom. The van der Waals surface area contributed by atoms with E-state index in [-0.39, 0.29) is 29.1 Å². The van der Waals surface area contributed by atoms with Gasteiger partial charge in [0.15, 0.2) is 0 Å². The molecule has 1 saturated carbocycles. The largest absolute Gasteiger partial charge is 0.398 e. The normalized spacial score (nSPS) is 15.2. The fourth-order valence-corrected chi connectivity index (χ4v) is 3.61. The molecule has 0 aromatic heterocycles. The molecule has 1 aliphatic carbocycles. The Kier molecular flexibility index (Phi) is 4.25. The van der Waals surface area contributed by atoms with Gasteiger partial charge in [0.2, 0.25) is 15.9 Å². The minimum Gasteiger partial charge on any atom is -0.398 e. The molecule has 0 aliphatic heterocycles. The average molecular weight is 311 g/mol. The number of nitrogen functional groups attached to an aromatic ring is 1. The van der Waals surface area contributed by atoms with Gasteiger partial charge in [0.05, 0.1) is 12.2 Å². The number of nitrogens with zero attached hydrogens (tertiary/aromatic N) is 1. The second-order valence-corrected chi connectivity index (χ2v) is 7.51. The Morgan fingerprint density at radius 3 is 2.57 bits per heavy atom. The van der Waals surface area contributed by atoms with E-state index in [1.165, 1.54) is 7.05 Å². The smallest absolute Gasteiger partial charge is 0.245 e. The molecule has 0 atom stereocenters. The second-order valence-electron chi connectivity index (χ2n) is 5.53. The van der Waals surface area contributed by atoms with Crippen LogP contribution in [0.5, 0.6) is 0 Å². The lowest BCUT2D eigenvalue weighted by atomic mass is 10.1. The molecule has 1 aliphatic rings. The van der Waals surface area contributed by atoms with Crippen LogP contribution in [-0.4, -0.2) is 38.3 Å². The molecule has 0 bridgehead atoms. The first-order valence-corrected chi connectivity index (χ1v) is 8.29. The van der Waals surface area contributed by atoms with Crippen LogP contribution in [0.15, 0.2) is 17.0 Å². The number of hydrogen-bond donors (Lipinski definition) is 2. The summed E-state index contributed by atoms with van der Waals surface area (Å²) in [6.07, 6.45) is 1.93. The van der Waals surface area contributed by atoms with Crippen molar-refractivity contribution in [2.45, 2.75) is 37.6 Å². The van der Waals surface area contributed by atoms with E-state index in [9.17, 15) is 13.2 Å². The standard InChI is InChI=1S/C14H21N3O3S/c1-9-4-7-12(15)14(10(9)2)21(19,20)17(3)8-13(18)16-11-5-6-11/h4,7,11H,5-6,8,15H2,1-3H3,(H,16,18). The van der Waals surface area contributed by atoms with Crippen LogP contribution in [0.1, 0.15) is 24.0 Å². The third kappa shape index (κ3) is 3.36. The van der Waals surface area contributed by atoms with Gasteiger partial charge in [-0.2, -0.15) is 4.31 Å². The van der Waals surface area contributed by atoms with Crippen molar-refractivity contribution in [3.05, 3.63) is 23.3 Å². The molecule has 1 fully saturated rings. The summed E-state index contributed by atoms with van der Waals surface area (Å²) in [4.78, 5) is 11.9. The van der Waals surface area contributed by atoms with E-state index >= 15 is 0 Å². The molecule has 3 N–H and O–H groups in total. The van der Waals surface area contributed by atoms with Gasteiger partial charge in [0.1, 0.15) is 4.90 Å². The summed E-state index contributed by atoms with van der Waals surface area (Å²) in [5, 5.41) is 2.77. The zero-order valence-corrected chi connectivity index (χ0v) is 13.3. The Morgan fingerprint density at radius 1 is 1.38 bits per heavy atom. The lowest BCUT2D eigenvalue weighted by molar-refractivity contribution is -0.121. The predicted molar refractivity (Wildman–Crippen MR) is 81.3 cm³/mol. The highest BCUT2D eigenvalue weighted by Gasteiger charge is 2.29. The average Bonchev–Trinajstić information content (AvgIpc) is 3.17. The fourth-order valence-electron chi connectivity index (χ4n) is 2.10. The molecule has 7 heteroatoms. The minimum absolute atomic E-state index is 0.0872. The quantitative estimate of drug-likeness (QED) is 0.786. The number of likely N-dealkylation sites (N-methyl/N-ethyl adjacent to an activating group) is 1. The number of aryl methyl sites for hydroxylation is 1. The highest BCUT2D eigenvalue weighted by Crippen LogP contribution is 2.27. The number of anilines is 1. The Labute approximate surface area is 125 Å². The van der Waals surface area contributed by atoms with Crippen LogP contribution in [0.4, 0.5) is 5.69 Å². The van der Waals surface area contributed by atoms with Crippen LogP contribution in [0, 0.1) is 13.8 Å². The maximum Gasteiger partial charge on any atom is 0.245 e. The van der Waals surface area contributed by atoms with E-state index in [2.05, 4.69) is 5.32 Å². The van der Waals surface area contributed by atoms with E-state index in [1.54, 1.807) is 19.1 Å². The van der Waals surface area contributed by atoms with Crippen molar-refractivity contribution in [2.75, 3.05) is 19.3 Å². The number of hydrogen-bond acceptors (Lipinski definition) is 4. The molecular weight excluding hydrogens is 290 g/mol. The summed E-state index contributed by atoms with van der Waals surface area (Å²) in [6.45, 7) is 3.34. The van der Waals surface area contributed by atoms with Crippen LogP contribution < -0.4 is 11.1 Å². The molecule has 0 saturated heterocycles. The molecule has 116 valence electrons. The molecule has 0 radical (unpaired) electrons. The zero-order chi connectivity index (χ0) is 15.8. The maximum absolute atomic E-state index is 12.6. The fraction of sp³-hybridized carbons (Fsp3) is 0.500. The molecule has 0 heterocycles. The van der Waals surface area contributed by atoms with Crippen LogP contribution in [0.2, 0.25) is 0 Å². The third-order valence-electron chi connectivity index (χ3n) is 3.68. The number of rotatable bonds is 5. The van der Waals surface area contributed by atoms with Gasteiger partial charge in [-0.1, -0.05) is 6.07 Å². The van der Waals surface area contributed by atoms with Gasteiger partial charge in [-0.25, -0.2) is 8.42 Å². The summed E-state index contributed by atoms with van der Waals surface area (Å²) in [6, 6.07) is 3.57. The first-order chi connectivity index (χ1) is 9.73. The van der Waals surface area contributed by atoms with Gasteiger partial charge in [-0.3, -0.25) is 4.79 Å². The van der Waals surface area contributed by atoms with Crippen LogP contribution >= 0.6 is 0 Å². The van der Waals surface area contributed by atoms with Gasteiger partial charge in [-0.05, 0) is 43.9 Å². The lowest BCUT2D eigenvalue weighted by Gasteiger charge is -2.20. The third-order valence-corrected chi connectivity index (χ3v) is 5.69. The summed E-state index contributed by atoms with van der Waals surface area (Å²) in [5.74, 6) is -0.285. The minimum atomic E-state index is -3.79. The van der Waals surface area contributed by atoms with Gasteiger partial charge in [0.25, 0.3) is 0 Å². The topological polar surface area (TPSA) is 92.5 Å². The molecule has 1 aromatic carbocycles. The number of carbonyl (C=O) groups is 1. The van der Waals surface area contributed by atoms with E-state index in [0.29, 0.717) is 5.56 Å². The van der Waals surface area contributed by atoms with E-state index in [0.717, 1.165) is 22.7 Å². The van der Waals surface area contributed by atoms with Crippen LogP contribution in [0.3, 0.4) is 0 Å². The van der Waals surface area contributed by atoms with Crippen molar-refractivity contribution >= 4 is 21.6 Å². The van der Waals surface area contributed by atoms with Gasteiger partial charge < -0.3 is 11.1 Å². The molecule has 2 rings (SSSR count). The molecule has 6 nitrogen and oxygen atoms in total. The van der Waals surface area contributed by atoms with Gasteiger partial charge in [0, 0.05) is 13.1 Å². The van der Waals surface area contributed by atoms with Crippen molar-refractivity contribution < 1.29 is 13.2 Å². The molecule has 1 amide bonds. The highest BCUT2D eigenvalue weighted by atomic mass is 32.2.